The first-order valence-corrected chi connectivity index (χ1v) is 6.51. The molecule has 0 spiro atoms. The molecule has 1 aliphatic rings. The van der Waals surface area contributed by atoms with Crippen LogP contribution in [0.1, 0.15) is 23.1 Å². The molecule has 1 N–H and O–H groups in total. The van der Waals surface area contributed by atoms with Crippen LogP contribution in [0, 0.1) is 19.8 Å². The van der Waals surface area contributed by atoms with Crippen molar-refractivity contribution in [2.24, 2.45) is 5.92 Å². The van der Waals surface area contributed by atoms with E-state index >= 15 is 0 Å². The lowest BCUT2D eigenvalue weighted by molar-refractivity contribution is -0.138. The molecule has 1 aliphatic carbocycles. The van der Waals surface area contributed by atoms with Crippen LogP contribution in [0.2, 0.25) is 0 Å². The molecule has 0 heterocycles. The van der Waals surface area contributed by atoms with Crippen LogP contribution in [0.3, 0.4) is 0 Å². The topological polar surface area (TPSA) is 49.8 Å². The summed E-state index contributed by atoms with van der Waals surface area (Å²) in [7, 11) is 3.65. The van der Waals surface area contributed by atoms with Crippen molar-refractivity contribution in [3.63, 3.8) is 0 Å². The molecule has 4 nitrogen and oxygen atoms in total. The number of rotatable bonds is 5. The maximum Gasteiger partial charge on any atom is 0.308 e. The molecule has 0 saturated heterocycles. The Morgan fingerprint density at radius 2 is 2.16 bits per heavy atom. The first-order valence-electron chi connectivity index (χ1n) is 6.51. The number of hydrogen-bond acceptors (Lipinski definition) is 3. The molecule has 1 saturated carbocycles. The van der Waals surface area contributed by atoms with Gasteiger partial charge in [0.2, 0.25) is 0 Å². The van der Waals surface area contributed by atoms with Gasteiger partial charge in [-0.15, -0.1) is 0 Å². The number of carbonyl (C=O) groups is 1. The maximum atomic E-state index is 10.9. The molecule has 104 valence electrons. The van der Waals surface area contributed by atoms with Crippen molar-refractivity contribution in [3.05, 3.63) is 28.8 Å². The summed E-state index contributed by atoms with van der Waals surface area (Å²) in [5.41, 5.74) is 3.51. The molecule has 0 aromatic heterocycles. The van der Waals surface area contributed by atoms with E-state index in [1.807, 2.05) is 20.0 Å². The van der Waals surface area contributed by atoms with Crippen molar-refractivity contribution < 1.29 is 14.6 Å². The molecule has 2 unspecified atom stereocenters. The summed E-state index contributed by atoms with van der Waals surface area (Å²) in [6.45, 7) is 4.84. The molecular weight excluding hydrogens is 242 g/mol. The van der Waals surface area contributed by atoms with Crippen LogP contribution in [-0.4, -0.2) is 36.2 Å². The van der Waals surface area contributed by atoms with Gasteiger partial charge in [-0.1, -0.05) is 6.07 Å². The van der Waals surface area contributed by atoms with Gasteiger partial charge in [0.15, 0.2) is 0 Å². The van der Waals surface area contributed by atoms with E-state index in [0.29, 0.717) is 0 Å². The van der Waals surface area contributed by atoms with Crippen molar-refractivity contribution in [1.29, 1.82) is 0 Å². The molecule has 2 rings (SSSR count). The number of carboxylic acids is 1. The molecule has 1 aromatic rings. The standard InChI is InChI=1S/C15H21NO3/c1-9-5-10(2)12(14(6-9)19-4)8-16(3)13-7-11(13)15(17)18/h5-6,11,13H,7-8H2,1-4H3,(H,17,18). The highest BCUT2D eigenvalue weighted by molar-refractivity contribution is 5.74. The Kier molecular flexibility index (Phi) is 3.80. The average molecular weight is 263 g/mol. The van der Waals surface area contributed by atoms with E-state index in [1.54, 1.807) is 7.11 Å². The summed E-state index contributed by atoms with van der Waals surface area (Å²) in [5, 5.41) is 8.98. The number of aryl methyl sites for hydroxylation is 2. The van der Waals surface area contributed by atoms with Gasteiger partial charge in [0.25, 0.3) is 0 Å². The first kappa shape index (κ1) is 13.9. The van der Waals surface area contributed by atoms with Gasteiger partial charge in [-0.3, -0.25) is 9.69 Å². The third kappa shape index (κ3) is 2.89. The quantitative estimate of drug-likeness (QED) is 0.885. The largest absolute Gasteiger partial charge is 0.496 e. The number of benzene rings is 1. The van der Waals surface area contributed by atoms with E-state index in [1.165, 1.54) is 11.1 Å². The SMILES string of the molecule is COc1cc(C)cc(C)c1CN(C)C1CC1C(=O)O. The van der Waals surface area contributed by atoms with Gasteiger partial charge in [0.05, 0.1) is 13.0 Å². The Morgan fingerprint density at radius 3 is 2.68 bits per heavy atom. The Morgan fingerprint density at radius 1 is 1.47 bits per heavy atom. The molecule has 0 aliphatic heterocycles. The summed E-state index contributed by atoms with van der Waals surface area (Å²) >= 11 is 0. The number of aliphatic carboxylic acids is 1. The normalized spacial score (nSPS) is 21.5. The van der Waals surface area contributed by atoms with Gasteiger partial charge in [-0.2, -0.15) is 0 Å². The van der Waals surface area contributed by atoms with Gasteiger partial charge in [-0.25, -0.2) is 0 Å². The predicted molar refractivity (Wildman–Crippen MR) is 73.5 cm³/mol. The minimum absolute atomic E-state index is 0.155. The van der Waals surface area contributed by atoms with Crippen molar-refractivity contribution in [2.75, 3.05) is 14.2 Å². The van der Waals surface area contributed by atoms with Gasteiger partial charge < -0.3 is 9.84 Å². The van der Waals surface area contributed by atoms with E-state index in [-0.39, 0.29) is 12.0 Å². The molecular formula is C15H21NO3. The lowest BCUT2D eigenvalue weighted by Gasteiger charge is -2.20. The summed E-state index contributed by atoms with van der Waals surface area (Å²) in [6, 6.07) is 4.31. The highest BCUT2D eigenvalue weighted by Gasteiger charge is 2.45. The van der Waals surface area contributed by atoms with E-state index in [4.69, 9.17) is 9.84 Å². The summed E-state index contributed by atoms with van der Waals surface area (Å²) < 4.78 is 5.44. The number of carboxylic acid groups (broad SMARTS) is 1. The van der Waals surface area contributed by atoms with Crippen molar-refractivity contribution >= 4 is 5.97 Å². The van der Waals surface area contributed by atoms with E-state index in [2.05, 4.69) is 17.9 Å². The minimum Gasteiger partial charge on any atom is -0.496 e. The van der Waals surface area contributed by atoms with E-state index in [0.717, 1.165) is 24.3 Å². The number of nitrogens with zero attached hydrogens (tertiary/aromatic N) is 1. The molecule has 0 bridgehead atoms. The van der Waals surface area contributed by atoms with Crippen LogP contribution >= 0.6 is 0 Å². The third-order valence-corrected chi connectivity index (χ3v) is 3.84. The minimum atomic E-state index is -0.690. The van der Waals surface area contributed by atoms with Crippen LogP contribution in [0.5, 0.6) is 5.75 Å². The van der Waals surface area contributed by atoms with Gasteiger partial charge >= 0.3 is 5.97 Å². The van der Waals surface area contributed by atoms with Crippen LogP contribution < -0.4 is 4.74 Å². The lowest BCUT2D eigenvalue weighted by atomic mass is 10.0. The Bertz CT molecular complexity index is 498. The molecule has 0 radical (unpaired) electrons. The van der Waals surface area contributed by atoms with Gasteiger partial charge in [0.1, 0.15) is 5.75 Å². The monoisotopic (exact) mass is 263 g/mol. The van der Waals surface area contributed by atoms with Crippen LogP contribution in [0.25, 0.3) is 0 Å². The molecule has 19 heavy (non-hydrogen) atoms. The lowest BCUT2D eigenvalue weighted by Crippen LogP contribution is -2.24. The Balaban J connectivity index is 2.13. The highest BCUT2D eigenvalue weighted by Crippen LogP contribution is 2.37. The molecule has 4 heteroatoms. The fraction of sp³-hybridized carbons (Fsp3) is 0.533. The maximum absolute atomic E-state index is 10.9. The van der Waals surface area contributed by atoms with Gasteiger partial charge in [-0.05, 0) is 44.5 Å². The smallest absolute Gasteiger partial charge is 0.308 e. The third-order valence-electron chi connectivity index (χ3n) is 3.84. The van der Waals surface area contributed by atoms with Gasteiger partial charge in [0, 0.05) is 18.2 Å². The zero-order valence-corrected chi connectivity index (χ0v) is 11.9. The number of hydrogen-bond donors (Lipinski definition) is 1. The average Bonchev–Trinajstić information content (AvgIpc) is 3.12. The summed E-state index contributed by atoms with van der Waals surface area (Å²) in [5.74, 6) is -0.0110. The molecule has 2 atom stereocenters. The van der Waals surface area contributed by atoms with Crippen LogP contribution in [0.4, 0.5) is 0 Å². The number of methoxy groups -OCH3 is 1. The summed E-state index contributed by atoms with van der Waals surface area (Å²) in [6.07, 6.45) is 0.749. The molecule has 1 aromatic carbocycles. The van der Waals surface area contributed by atoms with Crippen LogP contribution in [0.15, 0.2) is 12.1 Å². The van der Waals surface area contributed by atoms with E-state index in [9.17, 15) is 4.79 Å². The fourth-order valence-electron chi connectivity index (χ4n) is 2.64. The molecule has 0 amide bonds. The number of ether oxygens (including phenoxy) is 1. The van der Waals surface area contributed by atoms with Crippen molar-refractivity contribution in [2.45, 2.75) is 32.9 Å². The highest BCUT2D eigenvalue weighted by atomic mass is 16.5. The van der Waals surface area contributed by atoms with E-state index < -0.39 is 5.97 Å². The second-order valence-corrected chi connectivity index (χ2v) is 5.43. The van der Waals surface area contributed by atoms with Crippen molar-refractivity contribution in [3.8, 4) is 5.75 Å². The second-order valence-electron chi connectivity index (χ2n) is 5.43. The predicted octanol–water partition coefficient (Wildman–Crippen LogP) is 2.22. The second kappa shape index (κ2) is 5.21. The zero-order chi connectivity index (χ0) is 14.2. The first-order chi connectivity index (χ1) is 8.93. The van der Waals surface area contributed by atoms with Crippen molar-refractivity contribution in [1.82, 2.24) is 4.90 Å². The molecule has 1 fully saturated rings. The zero-order valence-electron chi connectivity index (χ0n) is 11.9. The van der Waals surface area contributed by atoms with Crippen LogP contribution in [-0.2, 0) is 11.3 Å². The Hall–Kier alpha value is -1.55. The fourth-order valence-corrected chi connectivity index (χ4v) is 2.64. The summed E-state index contributed by atoms with van der Waals surface area (Å²) in [4.78, 5) is 13.0. The Labute approximate surface area is 114 Å².